The van der Waals surface area contributed by atoms with Crippen LogP contribution in [-0.2, 0) is 0 Å². The number of hydrogen-bond acceptors (Lipinski definition) is 13. The molecule has 2 heterocycles. The molecule has 0 aliphatic carbocycles. The number of carbonyl (C=O) groups is 3. The number of carboxylic acid groups (broad SMARTS) is 2. The smallest absolute Gasteiger partial charge is 0.335 e. The topological polar surface area (TPSA) is 234 Å². The molecule has 8 rings (SSSR count). The molecule has 7 N–H and O–H groups in total. The summed E-state index contributed by atoms with van der Waals surface area (Å²) in [5, 5.41) is 48.7. The average Bonchev–Trinajstić information content (AvgIpc) is 3.63. The van der Waals surface area contributed by atoms with Gasteiger partial charge in [0.1, 0.15) is 0 Å². The lowest BCUT2D eigenvalue weighted by molar-refractivity contribution is 0.0686. The van der Waals surface area contributed by atoms with Crippen molar-refractivity contribution in [3.8, 4) is 5.69 Å². The van der Waals surface area contributed by atoms with Crippen LogP contribution in [0.25, 0.3) is 27.2 Å². The number of thiol groups is 1. The normalized spacial score (nSPS) is 10.9. The van der Waals surface area contributed by atoms with E-state index >= 15 is 0 Å². The molecule has 17 nitrogen and oxygen atoms in total. The van der Waals surface area contributed by atoms with Crippen LogP contribution in [0.5, 0.6) is 0 Å². The number of fused-ring (bicyclic) bond motifs is 2. The van der Waals surface area contributed by atoms with E-state index in [1.807, 2.05) is 12.1 Å². The van der Waals surface area contributed by atoms with Gasteiger partial charge in [-0.15, -0.1) is 17.7 Å². The van der Waals surface area contributed by atoms with Crippen LogP contribution in [0, 0.1) is 0 Å². The Morgan fingerprint density at radius 1 is 0.526 bits per heavy atom. The number of aromatic carboxylic acids is 2. The number of carboxylic acids is 2. The van der Waals surface area contributed by atoms with Crippen molar-refractivity contribution < 1.29 is 24.6 Å². The molecule has 0 fully saturated rings. The number of nitrogens with one attached hydrogen (secondary N) is 5. The van der Waals surface area contributed by atoms with Crippen LogP contribution >= 0.6 is 12.6 Å². The second kappa shape index (κ2) is 15.3. The third-order valence-corrected chi connectivity index (χ3v) is 8.78. The highest BCUT2D eigenvalue weighted by atomic mass is 32.1. The fourth-order valence-corrected chi connectivity index (χ4v) is 6.07. The van der Waals surface area contributed by atoms with Crippen molar-refractivity contribution in [2.75, 3.05) is 26.6 Å². The standard InChI is InChI=1S/C39H28N12O5S/c52-33(53)25-9-7-23-17-30(13-11-21(23)15-25)41-36-45-35(46-37(47-36)42-31-14-12-22-16-26(34(54)55)10-8-24(22)18-31)40-27-3-1-4-28(19-27)43-38(56)44-29-5-2-6-32(20-29)51-39(57)48-49-50-51/h1-20H,(H,52,53)(H,54,55)(H2,43,44,56)(H,48,50,57)(H3,40,41,42,45,46,47). The summed E-state index contributed by atoms with van der Waals surface area (Å²) in [7, 11) is 0. The van der Waals surface area contributed by atoms with Gasteiger partial charge < -0.3 is 36.8 Å². The number of benzene rings is 6. The summed E-state index contributed by atoms with van der Waals surface area (Å²) in [4.78, 5) is 49.7. The van der Waals surface area contributed by atoms with Gasteiger partial charge in [0.2, 0.25) is 23.0 Å². The lowest BCUT2D eigenvalue weighted by Crippen LogP contribution is -2.19. The predicted molar refractivity (Wildman–Crippen MR) is 217 cm³/mol. The summed E-state index contributed by atoms with van der Waals surface area (Å²) in [5.74, 6) is -1.49. The van der Waals surface area contributed by atoms with Gasteiger partial charge in [-0.05, 0) is 117 Å². The van der Waals surface area contributed by atoms with Crippen molar-refractivity contribution in [1.29, 1.82) is 0 Å². The zero-order valence-electron chi connectivity index (χ0n) is 29.2. The number of aromatic nitrogens is 7. The van der Waals surface area contributed by atoms with Crippen molar-refractivity contribution in [1.82, 2.24) is 35.2 Å². The van der Waals surface area contributed by atoms with Gasteiger partial charge in [-0.1, -0.05) is 36.4 Å². The number of urea groups is 1. The monoisotopic (exact) mass is 776 g/mol. The summed E-state index contributed by atoms with van der Waals surface area (Å²) in [6.45, 7) is 0. The van der Waals surface area contributed by atoms with E-state index in [2.05, 4.69) is 69.7 Å². The minimum absolute atomic E-state index is 0.165. The Bertz CT molecular complexity index is 2750. The molecule has 0 aliphatic rings. The van der Waals surface area contributed by atoms with Crippen LogP contribution in [0.1, 0.15) is 20.7 Å². The van der Waals surface area contributed by atoms with E-state index in [0.29, 0.717) is 39.3 Å². The molecule has 0 atom stereocenters. The van der Waals surface area contributed by atoms with Gasteiger partial charge in [0, 0.05) is 28.4 Å². The number of carbonyl (C=O) groups excluding carboxylic acids is 1. The molecule has 0 aliphatic heterocycles. The Kier molecular flexibility index (Phi) is 9.64. The molecular formula is C39H28N12O5S. The maximum Gasteiger partial charge on any atom is 0.335 e. The van der Waals surface area contributed by atoms with Crippen molar-refractivity contribution in [3.05, 3.63) is 132 Å². The minimum Gasteiger partial charge on any atom is -0.478 e. The van der Waals surface area contributed by atoms with Crippen molar-refractivity contribution in [2.45, 2.75) is 5.16 Å². The van der Waals surface area contributed by atoms with Crippen molar-refractivity contribution in [3.63, 3.8) is 0 Å². The molecule has 0 spiro atoms. The summed E-state index contributed by atoms with van der Waals surface area (Å²) in [6.07, 6.45) is 0. The highest BCUT2D eigenvalue weighted by Gasteiger charge is 2.13. The number of amides is 2. The highest BCUT2D eigenvalue weighted by molar-refractivity contribution is 7.80. The van der Waals surface area contributed by atoms with Crippen molar-refractivity contribution in [2.24, 2.45) is 0 Å². The third kappa shape index (κ3) is 8.35. The Balaban J connectivity index is 1.04. The molecule has 0 bridgehead atoms. The molecule has 57 heavy (non-hydrogen) atoms. The lowest BCUT2D eigenvalue weighted by Gasteiger charge is -2.13. The second-order valence-corrected chi connectivity index (χ2v) is 12.8. The van der Waals surface area contributed by atoms with Crippen LogP contribution < -0.4 is 26.6 Å². The number of hydrogen-bond donors (Lipinski definition) is 8. The predicted octanol–water partition coefficient (Wildman–Crippen LogP) is 7.71. The first kappa shape index (κ1) is 35.9. The summed E-state index contributed by atoms with van der Waals surface area (Å²) in [6, 6.07) is 34.0. The zero-order chi connectivity index (χ0) is 39.5. The van der Waals surface area contributed by atoms with Crippen LogP contribution in [-0.4, -0.2) is 63.3 Å². The Hall–Kier alpha value is -8.12. The molecule has 2 aromatic heterocycles. The van der Waals surface area contributed by atoms with Gasteiger partial charge in [0.15, 0.2) is 0 Å². The minimum atomic E-state index is -1.01. The fraction of sp³-hybridized carbons (Fsp3) is 0. The highest BCUT2D eigenvalue weighted by Crippen LogP contribution is 2.27. The first-order valence-corrected chi connectivity index (χ1v) is 17.4. The van der Waals surface area contributed by atoms with Crippen LogP contribution in [0.2, 0.25) is 0 Å². The Morgan fingerprint density at radius 3 is 1.49 bits per heavy atom. The molecule has 280 valence electrons. The Labute approximate surface area is 327 Å². The summed E-state index contributed by atoms with van der Waals surface area (Å²) >= 11 is 4.24. The number of anilines is 8. The van der Waals surface area contributed by atoms with E-state index in [-0.39, 0.29) is 29.0 Å². The van der Waals surface area contributed by atoms with Crippen LogP contribution in [0.4, 0.5) is 51.1 Å². The van der Waals surface area contributed by atoms with Gasteiger partial charge in [-0.25, -0.2) is 14.4 Å². The van der Waals surface area contributed by atoms with Gasteiger partial charge >= 0.3 is 18.0 Å². The average molecular weight is 777 g/mol. The summed E-state index contributed by atoms with van der Waals surface area (Å²) < 4.78 is 1.42. The van der Waals surface area contributed by atoms with Gasteiger partial charge in [0.25, 0.3) is 0 Å². The van der Waals surface area contributed by atoms with E-state index < -0.39 is 18.0 Å². The first-order valence-electron chi connectivity index (χ1n) is 17.0. The van der Waals surface area contributed by atoms with Gasteiger partial charge in [-0.3, -0.25) is 0 Å². The molecule has 6 aromatic carbocycles. The largest absolute Gasteiger partial charge is 0.478 e. The number of tetrazole rings is 1. The number of nitrogens with zero attached hydrogens (tertiary/aromatic N) is 7. The molecule has 0 radical (unpaired) electrons. The van der Waals surface area contributed by atoms with Gasteiger partial charge in [0.05, 0.1) is 16.8 Å². The maximum absolute atomic E-state index is 13.0. The van der Waals surface area contributed by atoms with E-state index in [4.69, 9.17) is 0 Å². The molecular weight excluding hydrogens is 749 g/mol. The molecule has 2 amide bonds. The lowest BCUT2D eigenvalue weighted by atomic mass is 10.1. The first-order chi connectivity index (χ1) is 27.6. The second-order valence-electron chi connectivity index (χ2n) is 12.4. The quantitative estimate of drug-likeness (QED) is 0.0588. The third-order valence-electron chi connectivity index (χ3n) is 8.50. The van der Waals surface area contributed by atoms with E-state index in [1.165, 1.54) is 16.8 Å². The van der Waals surface area contributed by atoms with Crippen LogP contribution in [0.3, 0.4) is 0 Å². The fourth-order valence-electron chi connectivity index (χ4n) is 5.88. The zero-order valence-corrected chi connectivity index (χ0v) is 30.1. The molecule has 0 saturated carbocycles. The van der Waals surface area contributed by atoms with Gasteiger partial charge in [-0.2, -0.15) is 19.6 Å². The molecule has 0 saturated heterocycles. The number of rotatable bonds is 11. The van der Waals surface area contributed by atoms with Crippen LogP contribution in [0.15, 0.2) is 126 Å². The van der Waals surface area contributed by atoms with E-state index in [9.17, 15) is 24.6 Å². The van der Waals surface area contributed by atoms with Crippen molar-refractivity contribution >= 4 is 98.4 Å². The summed E-state index contributed by atoms with van der Waals surface area (Å²) in [5.41, 5.74) is 3.78. The van der Waals surface area contributed by atoms with E-state index in [0.717, 1.165) is 21.5 Å². The SMILES string of the molecule is O=C(Nc1cccc(Nc2nc(Nc3ccc4cc(C(=O)O)ccc4c3)nc(Nc3ccc4cc(C(=O)O)ccc4c3)n2)c1)Nc1cccc(-n2nnnc2S)c1. The maximum atomic E-state index is 13.0. The van der Waals surface area contributed by atoms with E-state index in [1.54, 1.807) is 97.1 Å². The molecule has 8 aromatic rings. The Morgan fingerprint density at radius 2 is 0.982 bits per heavy atom. The molecule has 18 heteroatoms. The molecule has 0 unspecified atom stereocenters.